The Bertz CT molecular complexity index is 1170. The van der Waals surface area contributed by atoms with E-state index in [1.54, 1.807) is 49.5 Å². The number of carbonyl (C=O) groups excluding carboxylic acids is 1. The number of urea groups is 1. The van der Waals surface area contributed by atoms with Crippen molar-refractivity contribution < 1.29 is 23.1 Å². The molecule has 10 heteroatoms. The first kappa shape index (κ1) is 27.3. The Morgan fingerprint density at radius 2 is 2.00 bits per heavy atom. The van der Waals surface area contributed by atoms with Crippen molar-refractivity contribution >= 4 is 16.1 Å². The van der Waals surface area contributed by atoms with Gasteiger partial charge in [0.2, 0.25) is 10.0 Å². The largest absolute Gasteiger partial charge is 0.487 e. The van der Waals surface area contributed by atoms with E-state index in [0.29, 0.717) is 0 Å². The van der Waals surface area contributed by atoms with Gasteiger partial charge in [-0.05, 0) is 43.5 Å². The molecule has 1 aliphatic carbocycles. The van der Waals surface area contributed by atoms with Gasteiger partial charge in [0.1, 0.15) is 16.7 Å². The van der Waals surface area contributed by atoms with Crippen LogP contribution < -0.4 is 10.1 Å². The second kappa shape index (κ2) is 11.8. The summed E-state index contributed by atoms with van der Waals surface area (Å²) >= 11 is 0. The number of sulfonamides is 1. The van der Waals surface area contributed by atoms with Crippen molar-refractivity contribution in [1.29, 1.82) is 0 Å². The lowest BCUT2D eigenvalue weighted by molar-refractivity contribution is 0.0806. The highest BCUT2D eigenvalue weighted by atomic mass is 32.2. The molecule has 2 aromatic rings. The third kappa shape index (κ3) is 6.25. The Labute approximate surface area is 219 Å². The molecule has 1 aliphatic heterocycles. The van der Waals surface area contributed by atoms with E-state index in [1.807, 2.05) is 19.1 Å². The molecule has 0 spiro atoms. The monoisotopic (exact) mass is 530 g/mol. The van der Waals surface area contributed by atoms with Gasteiger partial charge < -0.3 is 20.1 Å². The maximum atomic E-state index is 13.7. The fraction of sp³-hybridized carbons (Fsp3) is 0.556. The van der Waals surface area contributed by atoms with E-state index in [2.05, 4.69) is 10.3 Å². The Kier molecular flexibility index (Phi) is 8.71. The van der Waals surface area contributed by atoms with Crippen LogP contribution in [-0.4, -0.2) is 78.7 Å². The molecule has 37 heavy (non-hydrogen) atoms. The van der Waals surface area contributed by atoms with Gasteiger partial charge in [0.25, 0.3) is 0 Å². The standard InChI is InChI=1S/C27H38N4O5S/c1-19-16-31(20(2)18-32)37(34,35)26-12-11-21(22-8-7-13-28-15-22)14-24(26)36-25(19)17-30(3)27(33)29-23-9-5-4-6-10-23/h7-8,11-15,19-20,23,25,32H,4-6,9-10,16-18H2,1-3H3,(H,29,33)/t19-,20-,25-/m0/s1. The molecule has 1 aromatic carbocycles. The van der Waals surface area contributed by atoms with Gasteiger partial charge in [-0.15, -0.1) is 0 Å². The van der Waals surface area contributed by atoms with Crippen molar-refractivity contribution in [2.45, 2.75) is 69.0 Å². The number of pyridine rings is 1. The van der Waals surface area contributed by atoms with E-state index in [9.17, 15) is 18.3 Å². The number of nitrogens with one attached hydrogen (secondary N) is 1. The predicted octanol–water partition coefficient (Wildman–Crippen LogP) is 3.49. The smallest absolute Gasteiger partial charge is 0.317 e. The van der Waals surface area contributed by atoms with E-state index in [4.69, 9.17) is 4.74 Å². The second-order valence-electron chi connectivity index (χ2n) is 10.3. The van der Waals surface area contributed by atoms with Gasteiger partial charge >= 0.3 is 6.03 Å². The number of rotatable bonds is 6. The Morgan fingerprint density at radius 1 is 1.24 bits per heavy atom. The van der Waals surface area contributed by atoms with Crippen LogP contribution in [0.3, 0.4) is 0 Å². The van der Waals surface area contributed by atoms with Crippen molar-refractivity contribution in [2.24, 2.45) is 5.92 Å². The number of likely N-dealkylation sites (N-methyl/N-ethyl adjacent to an activating group) is 1. The minimum absolute atomic E-state index is 0.0478. The lowest BCUT2D eigenvalue weighted by Gasteiger charge is -2.38. The normalized spacial score (nSPS) is 23.1. The summed E-state index contributed by atoms with van der Waals surface area (Å²) in [5.74, 6) is -0.0157. The second-order valence-corrected chi connectivity index (χ2v) is 12.2. The number of aliphatic hydroxyl groups excluding tert-OH is 1. The van der Waals surface area contributed by atoms with Crippen LogP contribution in [-0.2, 0) is 10.0 Å². The molecule has 2 amide bonds. The van der Waals surface area contributed by atoms with Crippen LogP contribution in [0.2, 0.25) is 0 Å². The summed E-state index contributed by atoms with van der Waals surface area (Å²) in [5.41, 5.74) is 1.61. The van der Waals surface area contributed by atoms with Crippen molar-refractivity contribution in [3.05, 3.63) is 42.7 Å². The summed E-state index contributed by atoms with van der Waals surface area (Å²) in [5, 5.41) is 13.0. The zero-order valence-electron chi connectivity index (χ0n) is 21.8. The number of fused-ring (bicyclic) bond motifs is 1. The van der Waals surface area contributed by atoms with E-state index < -0.39 is 22.2 Å². The van der Waals surface area contributed by atoms with Crippen LogP contribution in [0, 0.1) is 5.92 Å². The van der Waals surface area contributed by atoms with E-state index in [-0.39, 0.29) is 48.3 Å². The molecule has 1 fully saturated rings. The summed E-state index contributed by atoms with van der Waals surface area (Å²) in [6, 6.07) is 8.16. The lowest BCUT2D eigenvalue weighted by Crippen LogP contribution is -2.52. The molecule has 0 unspecified atom stereocenters. The van der Waals surface area contributed by atoms with Gasteiger partial charge in [0.05, 0.1) is 13.2 Å². The third-order valence-electron chi connectivity index (χ3n) is 7.40. The lowest BCUT2D eigenvalue weighted by atomic mass is 9.96. The number of aliphatic hydroxyl groups is 1. The molecule has 3 atom stereocenters. The zero-order chi connectivity index (χ0) is 26.6. The summed E-state index contributed by atoms with van der Waals surface area (Å²) < 4.78 is 35.1. The quantitative estimate of drug-likeness (QED) is 0.591. The minimum atomic E-state index is -3.93. The topological polar surface area (TPSA) is 112 Å². The Balaban J connectivity index is 1.65. The molecule has 2 N–H and O–H groups in total. The molecule has 4 rings (SSSR count). The summed E-state index contributed by atoms with van der Waals surface area (Å²) in [6.45, 7) is 3.76. The van der Waals surface area contributed by atoms with Gasteiger partial charge in [-0.2, -0.15) is 4.31 Å². The van der Waals surface area contributed by atoms with Crippen LogP contribution >= 0.6 is 0 Å². The number of aromatic nitrogens is 1. The molecule has 1 saturated carbocycles. The maximum Gasteiger partial charge on any atom is 0.317 e. The first-order valence-corrected chi connectivity index (χ1v) is 14.5. The molecule has 0 saturated heterocycles. The maximum absolute atomic E-state index is 13.7. The molecule has 0 radical (unpaired) electrons. The van der Waals surface area contributed by atoms with Crippen molar-refractivity contribution in [1.82, 2.24) is 19.5 Å². The summed E-state index contributed by atoms with van der Waals surface area (Å²) in [4.78, 5) is 18.8. The fourth-order valence-corrected chi connectivity index (χ4v) is 6.87. The SMILES string of the molecule is C[C@H]1CN([C@@H](C)CO)S(=O)(=O)c2ccc(-c3cccnc3)cc2O[C@H]1CN(C)C(=O)NC1CCCCC1. The first-order valence-electron chi connectivity index (χ1n) is 13.1. The van der Waals surface area contributed by atoms with E-state index in [1.165, 1.54) is 10.7 Å². The van der Waals surface area contributed by atoms with Gasteiger partial charge in [-0.3, -0.25) is 4.98 Å². The average molecular weight is 531 g/mol. The molecular formula is C27H38N4O5S. The molecule has 9 nitrogen and oxygen atoms in total. The fourth-order valence-electron chi connectivity index (χ4n) is 5.04. The molecule has 2 aliphatic rings. The summed E-state index contributed by atoms with van der Waals surface area (Å²) in [7, 11) is -2.19. The number of ether oxygens (including phenoxy) is 1. The number of benzene rings is 1. The molecule has 1 aromatic heterocycles. The number of nitrogens with zero attached hydrogens (tertiary/aromatic N) is 3. The highest BCUT2D eigenvalue weighted by Crippen LogP contribution is 2.36. The molecule has 2 heterocycles. The van der Waals surface area contributed by atoms with Gasteiger partial charge in [-0.25, -0.2) is 13.2 Å². The van der Waals surface area contributed by atoms with Crippen molar-refractivity contribution in [3.8, 4) is 16.9 Å². The van der Waals surface area contributed by atoms with E-state index >= 15 is 0 Å². The van der Waals surface area contributed by atoms with Gasteiger partial charge in [0.15, 0.2) is 0 Å². The number of hydrogen-bond acceptors (Lipinski definition) is 6. The third-order valence-corrected chi connectivity index (χ3v) is 9.41. The highest BCUT2D eigenvalue weighted by Gasteiger charge is 2.38. The molecule has 0 bridgehead atoms. The predicted molar refractivity (Wildman–Crippen MR) is 142 cm³/mol. The minimum Gasteiger partial charge on any atom is -0.487 e. The van der Waals surface area contributed by atoms with Crippen LogP contribution in [0.4, 0.5) is 4.79 Å². The van der Waals surface area contributed by atoms with Crippen LogP contribution in [0.1, 0.15) is 46.0 Å². The van der Waals surface area contributed by atoms with E-state index in [0.717, 1.165) is 36.8 Å². The zero-order valence-corrected chi connectivity index (χ0v) is 22.7. The van der Waals surface area contributed by atoms with Crippen LogP contribution in [0.5, 0.6) is 5.75 Å². The molecular weight excluding hydrogens is 492 g/mol. The average Bonchev–Trinajstić information content (AvgIpc) is 2.91. The van der Waals surface area contributed by atoms with Crippen molar-refractivity contribution in [2.75, 3.05) is 26.7 Å². The highest BCUT2D eigenvalue weighted by molar-refractivity contribution is 7.89. The Hall–Kier alpha value is -2.69. The van der Waals surface area contributed by atoms with Crippen LogP contribution in [0.15, 0.2) is 47.6 Å². The van der Waals surface area contributed by atoms with Gasteiger partial charge in [-0.1, -0.05) is 38.3 Å². The number of amides is 2. The first-order chi connectivity index (χ1) is 17.7. The Morgan fingerprint density at radius 3 is 2.68 bits per heavy atom. The molecule has 202 valence electrons. The number of carbonyl (C=O) groups is 1. The van der Waals surface area contributed by atoms with Gasteiger partial charge in [0, 0.05) is 49.6 Å². The van der Waals surface area contributed by atoms with Crippen molar-refractivity contribution in [3.63, 3.8) is 0 Å². The number of hydrogen-bond donors (Lipinski definition) is 2. The van der Waals surface area contributed by atoms with Crippen LogP contribution in [0.25, 0.3) is 11.1 Å². The summed E-state index contributed by atoms with van der Waals surface area (Å²) in [6.07, 6.45) is 8.37.